The van der Waals surface area contributed by atoms with Crippen LogP contribution in [0.15, 0.2) is 11.6 Å². The fraction of sp³-hybridized carbons (Fsp3) is 0.826. The first-order chi connectivity index (χ1) is 12.9. The van der Waals surface area contributed by atoms with Gasteiger partial charge < -0.3 is 4.74 Å². The summed E-state index contributed by atoms with van der Waals surface area (Å²) in [5.41, 5.74) is 1.80. The fourth-order valence-corrected chi connectivity index (χ4v) is 7.41. The molecule has 6 atom stereocenters. The van der Waals surface area contributed by atoms with Crippen LogP contribution in [0.2, 0.25) is 0 Å². The second kappa shape index (κ2) is 7.31. The number of carbonyl (C=O) groups is 2. The third kappa shape index (κ3) is 3.24. The largest absolute Gasteiger partial charge is 0.462 e. The Balaban J connectivity index is 1.51. The molecule has 0 heterocycles. The van der Waals surface area contributed by atoms with E-state index in [9.17, 15) is 9.59 Å². The van der Waals surface area contributed by atoms with Gasteiger partial charge in [-0.3, -0.25) is 9.59 Å². The smallest absolute Gasteiger partial charge is 0.306 e. The summed E-state index contributed by atoms with van der Waals surface area (Å²) < 4.78 is 6.00. The molecule has 0 aromatic rings. The SMILES string of the molecule is C[C@]12CCC(=O)C=C1CC[C@@H]1[C@@H]2CC[C@]2(C)C(OC(=O)CCCBr)CC[C@@H]12. The van der Waals surface area contributed by atoms with E-state index >= 15 is 0 Å². The maximum Gasteiger partial charge on any atom is 0.306 e. The molecule has 4 rings (SSSR count). The number of fused-ring (bicyclic) bond motifs is 5. The first kappa shape index (κ1) is 19.7. The molecule has 0 aromatic heterocycles. The fourth-order valence-electron chi connectivity index (χ4n) is 7.13. The maximum absolute atomic E-state index is 12.2. The van der Waals surface area contributed by atoms with E-state index in [0.29, 0.717) is 24.0 Å². The standard InChI is InChI=1S/C23H33BrO3/c1-22-11-9-16(25)14-15(22)5-6-17-18-7-8-20(27-21(26)4-3-13-24)23(18,2)12-10-19(17)22/h14,17-20H,3-13H2,1-2H3/t17-,18-,19-,20?,22-,23-/m0/s1. The number of hydrogen-bond acceptors (Lipinski definition) is 3. The van der Waals surface area contributed by atoms with E-state index in [2.05, 4.69) is 29.8 Å². The third-order valence-corrected chi connectivity index (χ3v) is 9.22. The molecule has 1 unspecified atom stereocenters. The van der Waals surface area contributed by atoms with Gasteiger partial charge in [0.1, 0.15) is 6.10 Å². The van der Waals surface area contributed by atoms with Gasteiger partial charge in [-0.05, 0) is 80.6 Å². The molecule has 0 N–H and O–H groups in total. The molecular weight excluding hydrogens is 404 g/mol. The first-order valence-electron chi connectivity index (χ1n) is 10.9. The summed E-state index contributed by atoms with van der Waals surface area (Å²) in [4.78, 5) is 24.2. The van der Waals surface area contributed by atoms with Gasteiger partial charge in [0, 0.05) is 23.6 Å². The van der Waals surface area contributed by atoms with Crippen molar-refractivity contribution in [1.82, 2.24) is 0 Å². The van der Waals surface area contributed by atoms with Crippen LogP contribution in [0.1, 0.15) is 78.1 Å². The third-order valence-electron chi connectivity index (χ3n) is 8.66. The minimum atomic E-state index is -0.0185. The average molecular weight is 437 g/mol. The number of esters is 1. The van der Waals surface area contributed by atoms with Crippen LogP contribution in [0.5, 0.6) is 0 Å². The van der Waals surface area contributed by atoms with Crippen LogP contribution in [-0.2, 0) is 14.3 Å². The van der Waals surface area contributed by atoms with Gasteiger partial charge in [-0.15, -0.1) is 0 Å². The van der Waals surface area contributed by atoms with Gasteiger partial charge in [0.25, 0.3) is 0 Å². The number of allylic oxidation sites excluding steroid dienone is 1. The molecule has 0 bridgehead atoms. The van der Waals surface area contributed by atoms with E-state index in [0.717, 1.165) is 49.8 Å². The Morgan fingerprint density at radius 3 is 2.74 bits per heavy atom. The monoisotopic (exact) mass is 436 g/mol. The van der Waals surface area contributed by atoms with Gasteiger partial charge in [0.05, 0.1) is 0 Å². The lowest BCUT2D eigenvalue weighted by Crippen LogP contribution is -2.51. The maximum atomic E-state index is 12.2. The van der Waals surface area contributed by atoms with Crippen molar-refractivity contribution in [3.63, 3.8) is 0 Å². The Hall–Kier alpha value is -0.640. The molecule has 0 radical (unpaired) electrons. The molecule has 27 heavy (non-hydrogen) atoms. The zero-order valence-electron chi connectivity index (χ0n) is 16.8. The van der Waals surface area contributed by atoms with Crippen LogP contribution in [-0.4, -0.2) is 23.2 Å². The lowest BCUT2D eigenvalue weighted by molar-refractivity contribution is -0.159. The van der Waals surface area contributed by atoms with Crippen molar-refractivity contribution in [3.05, 3.63) is 11.6 Å². The van der Waals surface area contributed by atoms with E-state index in [4.69, 9.17) is 4.74 Å². The Morgan fingerprint density at radius 1 is 1.15 bits per heavy atom. The van der Waals surface area contributed by atoms with Crippen molar-refractivity contribution in [2.75, 3.05) is 5.33 Å². The van der Waals surface area contributed by atoms with E-state index in [-0.39, 0.29) is 22.9 Å². The van der Waals surface area contributed by atoms with Crippen molar-refractivity contribution in [2.24, 2.45) is 28.6 Å². The highest BCUT2D eigenvalue weighted by Gasteiger charge is 2.59. The first-order valence-corrected chi connectivity index (χ1v) is 12.0. The molecule has 4 heteroatoms. The van der Waals surface area contributed by atoms with E-state index in [1.54, 1.807) is 0 Å². The molecule has 4 aliphatic rings. The van der Waals surface area contributed by atoms with Crippen molar-refractivity contribution >= 4 is 27.7 Å². The molecule has 3 fully saturated rings. The van der Waals surface area contributed by atoms with Gasteiger partial charge in [-0.25, -0.2) is 0 Å². The summed E-state index contributed by atoms with van der Waals surface area (Å²) in [6.07, 6.45) is 12.1. The summed E-state index contributed by atoms with van der Waals surface area (Å²) in [6, 6.07) is 0. The number of ether oxygens (including phenoxy) is 1. The van der Waals surface area contributed by atoms with Crippen molar-refractivity contribution < 1.29 is 14.3 Å². The van der Waals surface area contributed by atoms with Crippen LogP contribution >= 0.6 is 15.9 Å². The molecule has 0 spiro atoms. The van der Waals surface area contributed by atoms with Crippen LogP contribution in [0, 0.1) is 28.6 Å². The molecule has 0 aromatic carbocycles. The van der Waals surface area contributed by atoms with Gasteiger partial charge >= 0.3 is 5.97 Å². The second-order valence-electron chi connectivity index (χ2n) is 9.86. The summed E-state index contributed by atoms with van der Waals surface area (Å²) in [5.74, 6) is 2.41. The van der Waals surface area contributed by atoms with Gasteiger partial charge in [-0.2, -0.15) is 0 Å². The van der Waals surface area contributed by atoms with Crippen LogP contribution in [0.25, 0.3) is 0 Å². The highest BCUT2D eigenvalue weighted by Crippen LogP contribution is 2.65. The zero-order chi connectivity index (χ0) is 19.2. The predicted octanol–water partition coefficient (Wildman–Crippen LogP) is 5.61. The molecule has 0 aliphatic heterocycles. The minimum Gasteiger partial charge on any atom is -0.462 e. The molecular formula is C23H33BrO3. The molecule has 3 saturated carbocycles. The highest BCUT2D eigenvalue weighted by molar-refractivity contribution is 9.09. The molecule has 4 aliphatic carbocycles. The van der Waals surface area contributed by atoms with Gasteiger partial charge in [-0.1, -0.05) is 35.4 Å². The predicted molar refractivity (Wildman–Crippen MR) is 110 cm³/mol. The van der Waals surface area contributed by atoms with Gasteiger partial charge in [0.2, 0.25) is 0 Å². The normalized spacial score (nSPS) is 43.4. The van der Waals surface area contributed by atoms with Gasteiger partial charge in [0.15, 0.2) is 5.78 Å². The Morgan fingerprint density at radius 2 is 1.96 bits per heavy atom. The average Bonchev–Trinajstić information content (AvgIpc) is 2.97. The lowest BCUT2D eigenvalue weighted by atomic mass is 9.47. The summed E-state index contributed by atoms with van der Waals surface area (Å²) >= 11 is 3.40. The van der Waals surface area contributed by atoms with Crippen molar-refractivity contribution in [2.45, 2.75) is 84.2 Å². The number of alkyl halides is 1. The van der Waals surface area contributed by atoms with E-state index in [1.165, 1.54) is 24.8 Å². The Bertz CT molecular complexity index is 656. The van der Waals surface area contributed by atoms with Crippen LogP contribution in [0.3, 0.4) is 0 Å². The van der Waals surface area contributed by atoms with E-state index < -0.39 is 0 Å². The summed E-state index contributed by atoms with van der Waals surface area (Å²) in [7, 11) is 0. The van der Waals surface area contributed by atoms with Crippen LogP contribution in [0.4, 0.5) is 0 Å². The van der Waals surface area contributed by atoms with Crippen molar-refractivity contribution in [3.8, 4) is 0 Å². The highest BCUT2D eigenvalue weighted by atomic mass is 79.9. The Kier molecular flexibility index (Phi) is 5.33. The summed E-state index contributed by atoms with van der Waals surface area (Å²) in [6.45, 7) is 4.82. The molecule has 0 amide bonds. The Labute approximate surface area is 171 Å². The number of rotatable bonds is 4. The number of hydrogen-bond donors (Lipinski definition) is 0. The minimum absolute atomic E-state index is 0.0185. The lowest BCUT2D eigenvalue weighted by Gasteiger charge is -2.57. The van der Waals surface area contributed by atoms with Crippen LogP contribution < -0.4 is 0 Å². The second-order valence-corrected chi connectivity index (χ2v) is 10.7. The number of ketones is 1. The molecule has 3 nitrogen and oxygen atoms in total. The molecule has 0 saturated heterocycles. The topological polar surface area (TPSA) is 43.4 Å². The summed E-state index contributed by atoms with van der Waals surface area (Å²) in [5, 5.41) is 0.855. The molecule has 150 valence electrons. The zero-order valence-corrected chi connectivity index (χ0v) is 18.4. The number of halogens is 1. The number of carbonyl (C=O) groups excluding carboxylic acids is 2. The van der Waals surface area contributed by atoms with E-state index in [1.807, 2.05) is 6.08 Å². The quantitative estimate of drug-likeness (QED) is 0.425. The van der Waals surface area contributed by atoms with Crippen molar-refractivity contribution in [1.29, 1.82) is 0 Å².